The molecule has 0 spiro atoms. The van der Waals surface area contributed by atoms with Crippen LogP contribution in [0.5, 0.6) is 0 Å². The van der Waals surface area contributed by atoms with Crippen molar-refractivity contribution in [2.75, 3.05) is 0 Å². The predicted octanol–water partition coefficient (Wildman–Crippen LogP) is 1.31. The van der Waals surface area contributed by atoms with Gasteiger partial charge in [-0.05, 0) is 44.4 Å². The van der Waals surface area contributed by atoms with Crippen LogP contribution < -0.4 is 5.32 Å². The average molecular weight is 153 g/mol. The Morgan fingerprint density at radius 3 is 2.82 bits per heavy atom. The van der Waals surface area contributed by atoms with E-state index in [9.17, 15) is 4.79 Å². The first kappa shape index (κ1) is 7.14. The molecule has 0 aromatic heterocycles. The van der Waals surface area contributed by atoms with Crippen molar-refractivity contribution >= 4 is 6.41 Å². The van der Waals surface area contributed by atoms with Crippen molar-refractivity contribution in [2.45, 2.75) is 38.1 Å². The summed E-state index contributed by atoms with van der Waals surface area (Å²) < 4.78 is 0. The molecule has 0 unspecified atom stereocenters. The van der Waals surface area contributed by atoms with Crippen LogP contribution in [-0.2, 0) is 4.79 Å². The lowest BCUT2D eigenvalue weighted by atomic mass is 9.83. The molecule has 0 radical (unpaired) electrons. The van der Waals surface area contributed by atoms with Gasteiger partial charge >= 0.3 is 0 Å². The summed E-state index contributed by atoms with van der Waals surface area (Å²) in [6.45, 7) is 2.19. The summed E-state index contributed by atoms with van der Waals surface area (Å²) in [5.74, 6) is 1.66. The van der Waals surface area contributed by atoms with Crippen LogP contribution in [0.1, 0.15) is 32.6 Å². The number of carbonyl (C=O) groups is 1. The number of rotatable bonds is 2. The van der Waals surface area contributed by atoms with Gasteiger partial charge in [-0.1, -0.05) is 0 Å². The molecule has 2 heteroatoms. The van der Waals surface area contributed by atoms with E-state index in [0.29, 0.717) is 0 Å². The minimum Gasteiger partial charge on any atom is -0.353 e. The molecule has 0 aromatic carbocycles. The minimum absolute atomic E-state index is 0.144. The lowest BCUT2D eigenvalue weighted by Crippen LogP contribution is -2.45. The summed E-state index contributed by atoms with van der Waals surface area (Å²) in [5.41, 5.74) is 0.144. The fourth-order valence-corrected chi connectivity index (χ4v) is 2.92. The molecule has 2 rings (SSSR count). The number of nitrogens with one attached hydrogen (secondary N) is 1. The molecule has 0 aliphatic heterocycles. The van der Waals surface area contributed by atoms with E-state index in [1.54, 1.807) is 0 Å². The zero-order valence-electron chi connectivity index (χ0n) is 6.97. The van der Waals surface area contributed by atoms with Crippen molar-refractivity contribution in [1.82, 2.24) is 5.32 Å². The molecular weight excluding hydrogens is 138 g/mol. The highest BCUT2D eigenvalue weighted by Gasteiger charge is 2.47. The Hall–Kier alpha value is -0.530. The molecule has 1 N–H and O–H groups in total. The second kappa shape index (κ2) is 2.23. The molecule has 3 atom stereocenters. The second-order valence-electron chi connectivity index (χ2n) is 4.26. The van der Waals surface area contributed by atoms with Gasteiger partial charge < -0.3 is 5.32 Å². The molecule has 2 saturated carbocycles. The van der Waals surface area contributed by atoms with E-state index in [0.717, 1.165) is 18.2 Å². The molecule has 0 saturated heterocycles. The van der Waals surface area contributed by atoms with Gasteiger partial charge in [0.2, 0.25) is 6.41 Å². The van der Waals surface area contributed by atoms with Crippen LogP contribution in [0, 0.1) is 11.8 Å². The topological polar surface area (TPSA) is 29.1 Å². The van der Waals surface area contributed by atoms with Crippen molar-refractivity contribution in [3.8, 4) is 0 Å². The van der Waals surface area contributed by atoms with E-state index >= 15 is 0 Å². The van der Waals surface area contributed by atoms with E-state index in [1.807, 2.05) is 0 Å². The largest absolute Gasteiger partial charge is 0.353 e. The van der Waals surface area contributed by atoms with Gasteiger partial charge in [0.15, 0.2) is 0 Å². The fraction of sp³-hybridized carbons (Fsp3) is 0.889. The van der Waals surface area contributed by atoms with Crippen molar-refractivity contribution < 1.29 is 4.79 Å². The van der Waals surface area contributed by atoms with Crippen molar-refractivity contribution in [3.63, 3.8) is 0 Å². The highest BCUT2D eigenvalue weighted by Crippen LogP contribution is 2.50. The van der Waals surface area contributed by atoms with Crippen LogP contribution in [0.2, 0.25) is 0 Å². The first-order chi connectivity index (χ1) is 5.24. The third kappa shape index (κ3) is 0.959. The van der Waals surface area contributed by atoms with Gasteiger partial charge in [0.1, 0.15) is 0 Å². The third-order valence-electron chi connectivity index (χ3n) is 3.54. The van der Waals surface area contributed by atoms with Gasteiger partial charge in [-0.2, -0.15) is 0 Å². The first-order valence-corrected chi connectivity index (χ1v) is 4.46. The monoisotopic (exact) mass is 153 g/mol. The van der Waals surface area contributed by atoms with Crippen LogP contribution in [-0.4, -0.2) is 11.9 Å². The maximum Gasteiger partial charge on any atom is 0.207 e. The molecular formula is C9H15NO. The standard InChI is InChI=1S/C9H15NO/c1-9(10-6-11)5-7-2-3-8(9)4-7/h6-8H,2-5H2,1H3,(H,10,11)/t7-,8+,9+/m0/s1. The van der Waals surface area contributed by atoms with E-state index in [-0.39, 0.29) is 5.54 Å². The summed E-state index contributed by atoms with van der Waals surface area (Å²) in [5, 5.41) is 2.97. The van der Waals surface area contributed by atoms with Crippen molar-refractivity contribution in [1.29, 1.82) is 0 Å². The van der Waals surface area contributed by atoms with Crippen LogP contribution in [0.15, 0.2) is 0 Å². The van der Waals surface area contributed by atoms with Crippen molar-refractivity contribution in [2.24, 2.45) is 11.8 Å². The zero-order chi connectivity index (χ0) is 7.90. The lowest BCUT2D eigenvalue weighted by molar-refractivity contribution is -0.111. The number of fused-ring (bicyclic) bond motifs is 2. The van der Waals surface area contributed by atoms with Gasteiger partial charge in [-0.15, -0.1) is 0 Å². The summed E-state index contributed by atoms with van der Waals surface area (Å²) >= 11 is 0. The van der Waals surface area contributed by atoms with E-state index in [2.05, 4.69) is 12.2 Å². The Morgan fingerprint density at radius 2 is 2.36 bits per heavy atom. The van der Waals surface area contributed by atoms with Crippen LogP contribution in [0.3, 0.4) is 0 Å². The highest BCUT2D eigenvalue weighted by atomic mass is 16.1. The Balaban J connectivity index is 2.10. The van der Waals surface area contributed by atoms with E-state index in [4.69, 9.17) is 0 Å². The number of hydrogen-bond acceptors (Lipinski definition) is 1. The normalized spacial score (nSPS) is 47.7. The highest BCUT2D eigenvalue weighted by molar-refractivity contribution is 5.48. The summed E-state index contributed by atoms with van der Waals surface area (Å²) in [7, 11) is 0. The molecule has 2 bridgehead atoms. The summed E-state index contributed by atoms with van der Waals surface area (Å²) in [4.78, 5) is 10.3. The van der Waals surface area contributed by atoms with Crippen LogP contribution in [0.25, 0.3) is 0 Å². The average Bonchev–Trinajstić information content (AvgIpc) is 2.45. The Morgan fingerprint density at radius 1 is 1.55 bits per heavy atom. The minimum atomic E-state index is 0.144. The lowest BCUT2D eigenvalue weighted by Gasteiger charge is -2.33. The maximum absolute atomic E-state index is 10.3. The number of carbonyl (C=O) groups excluding carboxylic acids is 1. The number of amides is 1. The van der Waals surface area contributed by atoms with Gasteiger partial charge in [0.25, 0.3) is 0 Å². The SMILES string of the molecule is C[C@@]1(NC=O)C[C@H]2CC[C@@H]1C2. The zero-order valence-corrected chi connectivity index (χ0v) is 6.97. The Kier molecular flexibility index (Phi) is 1.44. The maximum atomic E-state index is 10.3. The molecule has 0 aromatic rings. The summed E-state index contributed by atoms with van der Waals surface area (Å²) in [6.07, 6.45) is 6.12. The van der Waals surface area contributed by atoms with Crippen LogP contribution in [0.4, 0.5) is 0 Å². The quantitative estimate of drug-likeness (QED) is 0.595. The molecule has 1 amide bonds. The van der Waals surface area contributed by atoms with E-state index in [1.165, 1.54) is 25.7 Å². The molecule has 2 nitrogen and oxygen atoms in total. The van der Waals surface area contributed by atoms with Crippen molar-refractivity contribution in [3.05, 3.63) is 0 Å². The van der Waals surface area contributed by atoms with E-state index < -0.39 is 0 Å². The number of hydrogen-bond donors (Lipinski definition) is 1. The Bertz CT molecular complexity index is 180. The third-order valence-corrected chi connectivity index (χ3v) is 3.54. The molecule has 0 heterocycles. The van der Waals surface area contributed by atoms with Crippen LogP contribution >= 0.6 is 0 Å². The molecule has 62 valence electrons. The molecule has 2 fully saturated rings. The second-order valence-corrected chi connectivity index (χ2v) is 4.26. The summed E-state index contributed by atoms with van der Waals surface area (Å²) in [6, 6.07) is 0. The first-order valence-electron chi connectivity index (χ1n) is 4.46. The molecule has 2 aliphatic rings. The fourth-order valence-electron chi connectivity index (χ4n) is 2.92. The van der Waals surface area contributed by atoms with Gasteiger partial charge in [-0.3, -0.25) is 4.79 Å². The smallest absolute Gasteiger partial charge is 0.207 e. The Labute approximate surface area is 67.4 Å². The molecule has 2 aliphatic carbocycles. The van der Waals surface area contributed by atoms with Gasteiger partial charge in [0.05, 0.1) is 0 Å². The predicted molar refractivity (Wildman–Crippen MR) is 43.1 cm³/mol. The van der Waals surface area contributed by atoms with Gasteiger partial charge in [0, 0.05) is 5.54 Å². The molecule has 11 heavy (non-hydrogen) atoms. The van der Waals surface area contributed by atoms with Gasteiger partial charge in [-0.25, -0.2) is 0 Å².